The van der Waals surface area contributed by atoms with Gasteiger partial charge in [-0.15, -0.1) is 0 Å². The van der Waals surface area contributed by atoms with Crippen molar-refractivity contribution in [1.29, 1.82) is 0 Å². The van der Waals surface area contributed by atoms with Gasteiger partial charge in [0, 0.05) is 18.4 Å². The van der Waals surface area contributed by atoms with Gasteiger partial charge in [-0.2, -0.15) is 0 Å². The topological polar surface area (TPSA) is 60.9 Å². The Balaban J connectivity index is 1.95. The van der Waals surface area contributed by atoms with Crippen LogP contribution in [0.4, 0.5) is 0 Å². The highest BCUT2D eigenvalue weighted by molar-refractivity contribution is 7.99. The summed E-state index contributed by atoms with van der Waals surface area (Å²) in [5, 5.41) is 13.3. The second-order valence-electron chi connectivity index (χ2n) is 4.14. The van der Waals surface area contributed by atoms with Crippen molar-refractivity contribution < 1.29 is 5.11 Å². The number of imidazole rings is 1. The molecule has 18 heavy (non-hydrogen) atoms. The summed E-state index contributed by atoms with van der Waals surface area (Å²) in [6.07, 6.45) is 0.779. The van der Waals surface area contributed by atoms with E-state index < -0.39 is 0 Å². The minimum absolute atomic E-state index is 0.221. The van der Waals surface area contributed by atoms with Crippen LogP contribution in [0.25, 0.3) is 11.0 Å². The van der Waals surface area contributed by atoms with Crippen molar-refractivity contribution in [2.24, 2.45) is 0 Å². The first-order valence-corrected chi connectivity index (χ1v) is 7.24. The maximum Gasteiger partial charge on any atom is 0.166 e. The monoisotopic (exact) mass is 265 g/mol. The van der Waals surface area contributed by atoms with Crippen LogP contribution in [0.15, 0.2) is 29.4 Å². The lowest BCUT2D eigenvalue weighted by Crippen LogP contribution is -2.32. The zero-order valence-electron chi connectivity index (χ0n) is 10.5. The third-order valence-electron chi connectivity index (χ3n) is 2.76. The molecule has 0 radical (unpaired) electrons. The fraction of sp³-hybridized carbons (Fsp3) is 0.462. The molecule has 1 aromatic heterocycles. The predicted molar refractivity (Wildman–Crippen MR) is 76.0 cm³/mol. The highest BCUT2D eigenvalue weighted by atomic mass is 32.2. The Labute approximate surface area is 111 Å². The van der Waals surface area contributed by atoms with Gasteiger partial charge in [0.15, 0.2) is 5.16 Å². The maximum absolute atomic E-state index is 9.00. The molecule has 0 aliphatic carbocycles. The molecule has 2 aromatic rings. The number of aromatic nitrogens is 2. The van der Waals surface area contributed by atoms with Gasteiger partial charge in [-0.3, -0.25) is 0 Å². The van der Waals surface area contributed by atoms with Crippen LogP contribution < -0.4 is 5.32 Å². The number of hydrogen-bond acceptors (Lipinski definition) is 4. The van der Waals surface area contributed by atoms with Crippen molar-refractivity contribution in [2.75, 3.05) is 18.9 Å². The number of nitrogens with zero attached hydrogens (tertiary/aromatic N) is 1. The zero-order chi connectivity index (χ0) is 12.8. The average molecular weight is 265 g/mol. The van der Waals surface area contributed by atoms with Crippen molar-refractivity contribution in [3.05, 3.63) is 24.3 Å². The molecule has 5 heteroatoms. The van der Waals surface area contributed by atoms with E-state index in [1.165, 1.54) is 0 Å². The van der Waals surface area contributed by atoms with Gasteiger partial charge in [-0.25, -0.2) is 4.98 Å². The number of para-hydroxylation sites is 2. The van der Waals surface area contributed by atoms with Crippen LogP contribution in [-0.4, -0.2) is 40.0 Å². The molecule has 0 fully saturated rings. The smallest absolute Gasteiger partial charge is 0.166 e. The molecule has 0 saturated heterocycles. The fourth-order valence-electron chi connectivity index (χ4n) is 1.87. The number of aliphatic hydroxyl groups is 1. The Morgan fingerprint density at radius 2 is 2.28 bits per heavy atom. The second-order valence-corrected chi connectivity index (χ2v) is 5.15. The molecule has 0 saturated carbocycles. The summed E-state index contributed by atoms with van der Waals surface area (Å²) in [5.41, 5.74) is 2.07. The summed E-state index contributed by atoms with van der Waals surface area (Å²) < 4.78 is 0. The first kappa shape index (κ1) is 13.4. The molecule has 0 aliphatic heterocycles. The maximum atomic E-state index is 9.00. The Bertz CT molecular complexity index is 447. The number of hydrogen-bond donors (Lipinski definition) is 3. The van der Waals surface area contributed by atoms with Crippen LogP contribution in [-0.2, 0) is 0 Å². The van der Waals surface area contributed by atoms with E-state index >= 15 is 0 Å². The van der Waals surface area contributed by atoms with Gasteiger partial charge in [0.25, 0.3) is 0 Å². The average Bonchev–Trinajstić information content (AvgIpc) is 2.79. The van der Waals surface area contributed by atoms with Crippen LogP contribution >= 0.6 is 11.8 Å². The molecule has 4 nitrogen and oxygen atoms in total. The van der Waals surface area contributed by atoms with E-state index in [-0.39, 0.29) is 6.61 Å². The van der Waals surface area contributed by atoms with Gasteiger partial charge >= 0.3 is 0 Å². The van der Waals surface area contributed by atoms with Crippen molar-refractivity contribution in [3.63, 3.8) is 0 Å². The van der Waals surface area contributed by atoms with Crippen LogP contribution in [0, 0.1) is 0 Å². The summed E-state index contributed by atoms with van der Waals surface area (Å²) in [6.45, 7) is 3.22. The lowest BCUT2D eigenvalue weighted by molar-refractivity contribution is 0.271. The molecule has 0 spiro atoms. The number of fused-ring (bicyclic) bond motifs is 1. The Morgan fingerprint density at radius 3 is 3.00 bits per heavy atom. The predicted octanol–water partition coefficient (Wildman–Crippen LogP) is 2.02. The molecule has 0 bridgehead atoms. The number of H-pyrrole nitrogens is 1. The Morgan fingerprint density at radius 1 is 1.44 bits per heavy atom. The van der Waals surface area contributed by atoms with Crippen molar-refractivity contribution >= 4 is 22.8 Å². The molecular formula is C13H19N3OS. The molecule has 2 rings (SSSR count). The summed E-state index contributed by atoms with van der Waals surface area (Å²) in [7, 11) is 0. The molecule has 1 aromatic carbocycles. The van der Waals surface area contributed by atoms with Crippen LogP contribution in [0.1, 0.15) is 13.3 Å². The van der Waals surface area contributed by atoms with E-state index in [0.717, 1.165) is 34.9 Å². The van der Waals surface area contributed by atoms with Crippen molar-refractivity contribution in [2.45, 2.75) is 24.5 Å². The van der Waals surface area contributed by atoms with Crippen molar-refractivity contribution in [1.82, 2.24) is 15.3 Å². The minimum atomic E-state index is 0.221. The number of benzene rings is 1. The lowest BCUT2D eigenvalue weighted by atomic mass is 10.2. The SMILES string of the molecule is CCNC(CCO)CSc1nc2ccccc2[nH]1. The summed E-state index contributed by atoms with van der Waals surface area (Å²) in [6, 6.07) is 8.36. The van der Waals surface area contributed by atoms with Gasteiger partial charge in [0.05, 0.1) is 11.0 Å². The molecule has 0 amide bonds. The van der Waals surface area contributed by atoms with Crippen LogP contribution in [0.5, 0.6) is 0 Å². The van der Waals surface area contributed by atoms with Crippen LogP contribution in [0.3, 0.4) is 0 Å². The number of aliphatic hydroxyl groups excluding tert-OH is 1. The Hall–Kier alpha value is -1.04. The van der Waals surface area contributed by atoms with E-state index in [1.54, 1.807) is 11.8 Å². The first-order valence-electron chi connectivity index (χ1n) is 6.25. The largest absolute Gasteiger partial charge is 0.396 e. The third-order valence-corrected chi connectivity index (χ3v) is 3.80. The molecular weight excluding hydrogens is 246 g/mol. The standard InChI is InChI=1S/C13H19N3OS/c1-2-14-10(7-8-17)9-18-13-15-11-5-3-4-6-12(11)16-13/h3-6,10,14,17H,2,7-9H2,1H3,(H,15,16). The number of rotatable bonds is 7. The lowest BCUT2D eigenvalue weighted by Gasteiger charge is -2.15. The highest BCUT2D eigenvalue weighted by Gasteiger charge is 2.09. The Kier molecular flexibility index (Phi) is 5.04. The van der Waals surface area contributed by atoms with Gasteiger partial charge < -0.3 is 15.4 Å². The zero-order valence-corrected chi connectivity index (χ0v) is 11.3. The number of thioether (sulfide) groups is 1. The molecule has 3 N–H and O–H groups in total. The first-order chi connectivity index (χ1) is 8.83. The van der Waals surface area contributed by atoms with Crippen molar-refractivity contribution in [3.8, 4) is 0 Å². The summed E-state index contributed by atoms with van der Waals surface area (Å²) in [5.74, 6) is 0.911. The molecule has 98 valence electrons. The molecule has 1 unspecified atom stereocenters. The van der Waals surface area contributed by atoms with E-state index in [4.69, 9.17) is 5.11 Å². The fourth-order valence-corrected chi connectivity index (χ4v) is 2.85. The van der Waals surface area contributed by atoms with Gasteiger partial charge in [-0.1, -0.05) is 30.8 Å². The van der Waals surface area contributed by atoms with E-state index in [9.17, 15) is 0 Å². The second kappa shape index (κ2) is 6.78. The van der Waals surface area contributed by atoms with E-state index in [0.29, 0.717) is 6.04 Å². The summed E-state index contributed by atoms with van der Waals surface area (Å²) >= 11 is 1.69. The number of aromatic amines is 1. The van der Waals surface area contributed by atoms with Crippen LogP contribution in [0.2, 0.25) is 0 Å². The van der Waals surface area contributed by atoms with E-state index in [2.05, 4.69) is 22.2 Å². The van der Waals surface area contributed by atoms with Gasteiger partial charge in [-0.05, 0) is 25.1 Å². The van der Waals surface area contributed by atoms with Gasteiger partial charge in [0.1, 0.15) is 0 Å². The quantitative estimate of drug-likeness (QED) is 0.670. The third kappa shape index (κ3) is 3.48. The minimum Gasteiger partial charge on any atom is -0.396 e. The molecule has 1 atom stereocenters. The molecule has 0 aliphatic rings. The molecule has 1 heterocycles. The normalized spacial score (nSPS) is 13.0. The van der Waals surface area contributed by atoms with E-state index in [1.807, 2.05) is 24.3 Å². The van der Waals surface area contributed by atoms with Gasteiger partial charge in [0.2, 0.25) is 0 Å². The number of nitrogens with one attached hydrogen (secondary N) is 2. The summed E-state index contributed by atoms with van der Waals surface area (Å²) in [4.78, 5) is 7.82. The highest BCUT2D eigenvalue weighted by Crippen LogP contribution is 2.20.